The van der Waals surface area contributed by atoms with Gasteiger partial charge in [-0.25, -0.2) is 4.79 Å². The number of carbonyl (C=O) groups excluding carboxylic acids is 1. The molecule has 0 amide bonds. The highest BCUT2D eigenvalue weighted by Crippen LogP contribution is 2.52. The molecular weight excluding hydrogens is 515 g/mol. The van der Waals surface area contributed by atoms with E-state index in [-0.39, 0.29) is 58.5 Å². The Bertz CT molecular complexity index is 1050. The largest absolute Gasteiger partial charge is 1.00 e. The molecule has 34 heavy (non-hydrogen) atoms. The second-order valence-corrected chi connectivity index (χ2v) is 9.98. The third-order valence-electron chi connectivity index (χ3n) is 7.71. The molecule has 184 valence electrons. The molecule has 2 aromatic rings. The molecule has 5 rings (SSSR count). The number of hydrogen-bond acceptors (Lipinski definition) is 4. The molecule has 9 heteroatoms. The number of benzene rings is 2. The molecule has 3 heterocycles. The van der Waals surface area contributed by atoms with Gasteiger partial charge in [0.2, 0.25) is 5.60 Å². The van der Waals surface area contributed by atoms with Crippen molar-refractivity contribution in [2.75, 3.05) is 14.1 Å². The highest BCUT2D eigenvalue weighted by molar-refractivity contribution is 5.85. The molecule has 0 radical (unpaired) electrons. The van der Waals surface area contributed by atoms with Crippen LogP contribution < -0.4 is 17.0 Å². The Balaban J connectivity index is 0.00000274. The van der Waals surface area contributed by atoms with E-state index in [4.69, 9.17) is 9.47 Å². The zero-order chi connectivity index (χ0) is 23.8. The number of halogens is 4. The summed E-state index contributed by atoms with van der Waals surface area (Å²) >= 11 is 0. The first kappa shape index (κ1) is 25.2. The number of hydrogen-bond donors (Lipinski definition) is 1. The molecule has 0 spiro atoms. The Hall–Kier alpha value is -1.94. The first-order valence-corrected chi connectivity index (χ1v) is 11.1. The highest BCUT2D eigenvalue weighted by Gasteiger charge is 2.71. The number of piperidine rings is 1. The molecule has 1 N–H and O–H groups in total. The van der Waals surface area contributed by atoms with E-state index in [1.165, 1.54) is 0 Å². The molecule has 3 fully saturated rings. The summed E-state index contributed by atoms with van der Waals surface area (Å²) in [7, 11) is 4.32. The molecule has 2 aromatic carbocycles. The number of likely N-dealkylation sites (N-methyl/N-ethyl adjacent to an activating group) is 1. The van der Waals surface area contributed by atoms with Crippen molar-refractivity contribution in [2.45, 2.75) is 61.9 Å². The van der Waals surface area contributed by atoms with Crippen LogP contribution in [0.25, 0.3) is 0 Å². The van der Waals surface area contributed by atoms with Crippen LogP contribution in [0.3, 0.4) is 0 Å². The van der Waals surface area contributed by atoms with Crippen LogP contribution in [0.5, 0.6) is 0 Å². The maximum Gasteiger partial charge on any atom is 0.416 e. The van der Waals surface area contributed by atoms with Crippen molar-refractivity contribution in [1.29, 1.82) is 0 Å². The minimum atomic E-state index is -4.52. The van der Waals surface area contributed by atoms with Crippen LogP contribution in [0.1, 0.15) is 35.1 Å². The van der Waals surface area contributed by atoms with Gasteiger partial charge in [0.1, 0.15) is 30.4 Å². The number of quaternary nitrogens is 1. The fourth-order valence-electron chi connectivity index (χ4n) is 5.64. The van der Waals surface area contributed by atoms with Crippen molar-refractivity contribution >= 4 is 5.97 Å². The average Bonchev–Trinajstić information content (AvgIpc) is 3.51. The maximum atomic E-state index is 13.5. The van der Waals surface area contributed by atoms with E-state index in [0.29, 0.717) is 12.8 Å². The zero-order valence-electron chi connectivity index (χ0n) is 19.1. The first-order chi connectivity index (χ1) is 15.4. The Morgan fingerprint density at radius 2 is 1.38 bits per heavy atom. The number of aliphatic hydroxyl groups is 1. The molecule has 3 saturated heterocycles. The van der Waals surface area contributed by atoms with Crippen LogP contribution >= 0.6 is 0 Å². The molecule has 6 atom stereocenters. The summed E-state index contributed by atoms with van der Waals surface area (Å²) in [6.45, 7) is 1.87. The highest BCUT2D eigenvalue weighted by atomic mass is 79.9. The van der Waals surface area contributed by atoms with E-state index >= 15 is 0 Å². The van der Waals surface area contributed by atoms with Gasteiger partial charge >= 0.3 is 12.1 Å². The van der Waals surface area contributed by atoms with Gasteiger partial charge in [0.25, 0.3) is 0 Å². The SMILES string of the molecule is Cc1ccc(C(O)(C(=O)OC2CC3C4O[C@@H]4[C@H](C2)[N+]3(C)C)c2ccc(C(F)(F)F)cc2)cc1.[Br-]. The monoisotopic (exact) mass is 541 g/mol. The number of epoxide rings is 1. The van der Waals surface area contributed by atoms with Crippen molar-refractivity contribution in [3.05, 3.63) is 70.8 Å². The molecule has 0 aromatic heterocycles. The van der Waals surface area contributed by atoms with Crippen LogP contribution in [-0.2, 0) is 26.0 Å². The van der Waals surface area contributed by atoms with E-state index in [2.05, 4.69) is 14.1 Å². The van der Waals surface area contributed by atoms with Gasteiger partial charge in [0, 0.05) is 12.8 Å². The summed E-state index contributed by atoms with van der Waals surface area (Å²) in [6, 6.07) is 11.1. The van der Waals surface area contributed by atoms with Crippen molar-refractivity contribution in [1.82, 2.24) is 0 Å². The second kappa shape index (κ2) is 8.33. The number of ether oxygens (including phenoxy) is 2. The summed E-state index contributed by atoms with van der Waals surface area (Å²) in [6.07, 6.45) is -3.31. The lowest BCUT2D eigenvalue weighted by molar-refractivity contribution is -0.938. The molecule has 5 nitrogen and oxygen atoms in total. The van der Waals surface area contributed by atoms with Gasteiger partial charge in [-0.05, 0) is 30.2 Å². The Kier molecular flexibility index (Phi) is 6.16. The summed E-state index contributed by atoms with van der Waals surface area (Å²) in [5.74, 6) is -0.877. The minimum absolute atomic E-state index is 0. The van der Waals surface area contributed by atoms with Gasteiger partial charge in [-0.3, -0.25) is 0 Å². The Morgan fingerprint density at radius 3 is 1.85 bits per heavy atom. The number of aryl methyl sites for hydroxylation is 1. The van der Waals surface area contributed by atoms with Crippen molar-refractivity contribution in [2.24, 2.45) is 0 Å². The molecule has 3 aliphatic heterocycles. The van der Waals surface area contributed by atoms with Gasteiger partial charge in [0.05, 0.1) is 19.7 Å². The third-order valence-corrected chi connectivity index (χ3v) is 7.71. The van der Waals surface area contributed by atoms with E-state index < -0.39 is 23.3 Å². The minimum Gasteiger partial charge on any atom is -1.00 e. The lowest BCUT2D eigenvalue weighted by Gasteiger charge is -2.45. The number of morpholine rings is 1. The fourth-order valence-corrected chi connectivity index (χ4v) is 5.64. The number of alkyl halides is 3. The van der Waals surface area contributed by atoms with Crippen LogP contribution in [0.2, 0.25) is 0 Å². The van der Waals surface area contributed by atoms with Gasteiger partial charge in [-0.2, -0.15) is 13.2 Å². The van der Waals surface area contributed by atoms with E-state index in [1.54, 1.807) is 24.3 Å². The predicted molar refractivity (Wildman–Crippen MR) is 113 cm³/mol. The van der Waals surface area contributed by atoms with Crippen molar-refractivity contribution in [3.63, 3.8) is 0 Å². The number of esters is 1. The third kappa shape index (κ3) is 3.96. The van der Waals surface area contributed by atoms with E-state index in [1.807, 2.05) is 6.92 Å². The topological polar surface area (TPSA) is 59.1 Å². The van der Waals surface area contributed by atoms with Crippen LogP contribution in [0.4, 0.5) is 13.2 Å². The lowest BCUT2D eigenvalue weighted by atomic mass is 9.85. The lowest BCUT2D eigenvalue weighted by Crippen LogP contribution is -3.00. The zero-order valence-corrected chi connectivity index (χ0v) is 20.6. The van der Waals surface area contributed by atoms with Crippen LogP contribution in [0, 0.1) is 6.92 Å². The van der Waals surface area contributed by atoms with Crippen LogP contribution in [0.15, 0.2) is 48.5 Å². The Labute approximate surface area is 206 Å². The second-order valence-electron chi connectivity index (χ2n) is 9.98. The number of nitrogens with zero attached hydrogens (tertiary/aromatic N) is 1. The quantitative estimate of drug-likeness (QED) is 0.349. The molecule has 3 aliphatic rings. The van der Waals surface area contributed by atoms with Crippen LogP contribution in [-0.4, -0.2) is 60.0 Å². The summed E-state index contributed by atoms with van der Waals surface area (Å²) in [4.78, 5) is 13.5. The molecule has 4 unspecified atom stereocenters. The first-order valence-electron chi connectivity index (χ1n) is 11.1. The molecule has 0 saturated carbocycles. The maximum absolute atomic E-state index is 13.5. The summed E-state index contributed by atoms with van der Waals surface area (Å²) in [5, 5.41) is 11.7. The summed E-state index contributed by atoms with van der Waals surface area (Å²) in [5.41, 5.74) is -1.87. The number of fused-ring (bicyclic) bond motifs is 5. The number of carbonyl (C=O) groups is 1. The van der Waals surface area contributed by atoms with Gasteiger partial charge < -0.3 is 36.0 Å². The van der Waals surface area contributed by atoms with Crippen molar-refractivity contribution in [3.8, 4) is 0 Å². The standard InChI is InChI=1S/C25H27F3NO4.BrH/c1-14-4-6-15(7-5-14)24(31,16-8-10-17(11-9-16)25(26,27)28)23(30)32-18-12-19-21-22(33-21)20(13-18)29(19,2)3;/h4-11,18-22,31H,12-13H2,1-3H3;1H/q+1;/p-1/t18?,19-,20?,21+,22?,24?;/m0./s1. The normalized spacial score (nSPS) is 30.5. The van der Waals surface area contributed by atoms with Gasteiger partial charge in [0.15, 0.2) is 0 Å². The van der Waals surface area contributed by atoms with Gasteiger partial charge in [-0.15, -0.1) is 0 Å². The predicted octanol–water partition coefficient (Wildman–Crippen LogP) is 0.554. The molecule has 0 aliphatic carbocycles. The van der Waals surface area contributed by atoms with E-state index in [9.17, 15) is 23.1 Å². The molecular formula is C25H27BrF3NO4. The summed E-state index contributed by atoms with van der Waals surface area (Å²) < 4.78 is 51.6. The van der Waals surface area contributed by atoms with E-state index in [0.717, 1.165) is 34.3 Å². The number of rotatable bonds is 4. The van der Waals surface area contributed by atoms with Crippen molar-refractivity contribution < 1.29 is 54.0 Å². The average molecular weight is 542 g/mol. The smallest absolute Gasteiger partial charge is 0.416 e. The molecule has 2 bridgehead atoms. The fraction of sp³-hybridized carbons (Fsp3) is 0.480. The van der Waals surface area contributed by atoms with Gasteiger partial charge in [-0.1, -0.05) is 42.0 Å². The Morgan fingerprint density at radius 1 is 0.941 bits per heavy atom.